The summed E-state index contributed by atoms with van der Waals surface area (Å²) in [6, 6.07) is 9.26. The number of aliphatic imine (C=N–C) groups is 1. The van der Waals surface area contributed by atoms with Gasteiger partial charge in [-0.05, 0) is 64.4 Å². The number of carbonyl (C=O) groups is 1. The molecule has 1 aliphatic rings. The van der Waals surface area contributed by atoms with Crippen molar-refractivity contribution in [2.75, 3.05) is 7.11 Å². The number of ether oxygens (including phenoxy) is 1. The summed E-state index contributed by atoms with van der Waals surface area (Å²) in [6.07, 6.45) is 1.68. The largest absolute Gasteiger partial charge is 0.494 e. The second-order valence-corrected chi connectivity index (χ2v) is 6.61. The molecule has 0 unspecified atom stereocenters. The summed E-state index contributed by atoms with van der Waals surface area (Å²) < 4.78 is 11.3. The molecule has 7 heteroatoms. The van der Waals surface area contributed by atoms with Crippen LogP contribution in [-0.2, 0) is 4.79 Å². The average molecular weight is 393 g/mol. The molecule has 118 valence electrons. The van der Waals surface area contributed by atoms with E-state index in [9.17, 15) is 4.79 Å². The molecule has 1 saturated heterocycles. The quantitative estimate of drug-likeness (QED) is 0.792. The Hall–Kier alpha value is -1.99. The van der Waals surface area contributed by atoms with Crippen LogP contribution in [-0.4, -0.2) is 18.2 Å². The zero-order chi connectivity index (χ0) is 16.4. The number of carbonyl (C=O) groups excluding carboxylic acids is 1. The number of furan rings is 1. The number of benzene rings is 1. The molecule has 1 aliphatic heterocycles. The van der Waals surface area contributed by atoms with Gasteiger partial charge in [-0.15, -0.1) is 0 Å². The van der Waals surface area contributed by atoms with Crippen molar-refractivity contribution in [1.82, 2.24) is 5.32 Å². The number of nitrogens with one attached hydrogen (secondary N) is 1. The van der Waals surface area contributed by atoms with Gasteiger partial charge in [-0.3, -0.25) is 4.79 Å². The van der Waals surface area contributed by atoms with Crippen molar-refractivity contribution in [3.8, 4) is 5.75 Å². The zero-order valence-corrected chi connectivity index (χ0v) is 14.8. The molecule has 2 heterocycles. The predicted molar refractivity (Wildman–Crippen MR) is 94.9 cm³/mol. The minimum absolute atomic E-state index is 0.201. The van der Waals surface area contributed by atoms with Gasteiger partial charge in [0, 0.05) is 6.08 Å². The van der Waals surface area contributed by atoms with Gasteiger partial charge in [0.2, 0.25) is 0 Å². The average Bonchev–Trinajstić information content (AvgIpc) is 3.06. The molecule has 0 radical (unpaired) electrons. The second kappa shape index (κ2) is 6.64. The first-order valence-corrected chi connectivity index (χ1v) is 8.35. The summed E-state index contributed by atoms with van der Waals surface area (Å²) >= 11 is 4.50. The zero-order valence-electron chi connectivity index (χ0n) is 12.4. The van der Waals surface area contributed by atoms with Crippen molar-refractivity contribution in [2.45, 2.75) is 6.92 Å². The predicted octanol–water partition coefficient (Wildman–Crippen LogP) is 4.25. The lowest BCUT2D eigenvalue weighted by Crippen LogP contribution is -2.19. The van der Waals surface area contributed by atoms with Gasteiger partial charge in [-0.1, -0.05) is 6.07 Å². The first-order chi connectivity index (χ1) is 11.0. The van der Waals surface area contributed by atoms with E-state index in [4.69, 9.17) is 9.15 Å². The molecule has 0 bridgehead atoms. The number of nitrogens with zero attached hydrogens (tertiary/aromatic N) is 1. The Bertz CT molecular complexity index is 826. The van der Waals surface area contributed by atoms with Crippen molar-refractivity contribution < 1.29 is 13.9 Å². The lowest BCUT2D eigenvalue weighted by molar-refractivity contribution is -0.115. The van der Waals surface area contributed by atoms with Gasteiger partial charge in [-0.2, -0.15) is 0 Å². The fourth-order valence-corrected chi connectivity index (χ4v) is 3.15. The minimum Gasteiger partial charge on any atom is -0.494 e. The first-order valence-electron chi connectivity index (χ1n) is 6.75. The van der Waals surface area contributed by atoms with Crippen LogP contribution in [0.15, 0.2) is 49.3 Å². The lowest BCUT2D eigenvalue weighted by Gasteiger charge is -2.05. The molecule has 1 aromatic heterocycles. The number of methoxy groups -OCH3 is 1. The maximum Gasteiger partial charge on any atom is 0.264 e. The molecule has 1 aromatic carbocycles. The Kier molecular flexibility index (Phi) is 4.58. The molecule has 0 atom stereocenters. The standard InChI is InChI=1S/C16H13BrN2O3S/c1-9-3-5-12(21-2)11(7-9)18-16-19-15(20)13(23-16)8-10-4-6-14(17)22-10/h3-8H,1-2H3,(H,18,19,20)/b13-8-. The lowest BCUT2D eigenvalue weighted by atomic mass is 10.2. The summed E-state index contributed by atoms with van der Waals surface area (Å²) in [5, 5.41) is 3.26. The molecule has 0 spiro atoms. The van der Waals surface area contributed by atoms with Gasteiger partial charge in [-0.25, -0.2) is 4.99 Å². The molecule has 1 N–H and O–H groups in total. The maximum atomic E-state index is 12.0. The number of halogens is 1. The number of thioether (sulfide) groups is 1. The number of amidine groups is 1. The normalized spacial score (nSPS) is 17.8. The number of rotatable bonds is 3. The monoisotopic (exact) mass is 392 g/mol. The summed E-state index contributed by atoms with van der Waals surface area (Å²) in [6.45, 7) is 1.98. The van der Waals surface area contributed by atoms with Gasteiger partial charge in [0.05, 0.1) is 12.0 Å². The van der Waals surface area contributed by atoms with E-state index >= 15 is 0 Å². The van der Waals surface area contributed by atoms with Crippen LogP contribution in [0.2, 0.25) is 0 Å². The number of aryl methyl sites for hydroxylation is 1. The molecule has 1 amide bonds. The van der Waals surface area contributed by atoms with Crippen molar-refractivity contribution in [3.05, 3.63) is 51.2 Å². The Morgan fingerprint density at radius 1 is 1.35 bits per heavy atom. The van der Waals surface area contributed by atoms with Crippen LogP contribution in [0.5, 0.6) is 5.75 Å². The summed E-state index contributed by atoms with van der Waals surface area (Å²) in [4.78, 5) is 17.0. The van der Waals surface area contributed by atoms with Crippen molar-refractivity contribution in [2.24, 2.45) is 4.99 Å². The molecule has 1 fully saturated rings. The Balaban J connectivity index is 1.87. The van der Waals surface area contributed by atoms with E-state index in [1.54, 1.807) is 25.3 Å². The van der Waals surface area contributed by atoms with Crippen LogP contribution in [0.1, 0.15) is 11.3 Å². The van der Waals surface area contributed by atoms with Crippen LogP contribution in [0.3, 0.4) is 0 Å². The van der Waals surface area contributed by atoms with E-state index in [-0.39, 0.29) is 5.91 Å². The molecule has 5 nitrogen and oxygen atoms in total. The third-order valence-electron chi connectivity index (χ3n) is 3.07. The molecule has 0 aliphatic carbocycles. The van der Waals surface area contributed by atoms with Gasteiger partial charge in [0.25, 0.3) is 5.91 Å². The van der Waals surface area contributed by atoms with Crippen molar-refractivity contribution in [3.63, 3.8) is 0 Å². The molecular formula is C16H13BrN2O3S. The highest BCUT2D eigenvalue weighted by atomic mass is 79.9. The molecule has 23 heavy (non-hydrogen) atoms. The summed E-state index contributed by atoms with van der Waals surface area (Å²) in [5.41, 5.74) is 1.74. The van der Waals surface area contributed by atoms with Crippen molar-refractivity contribution >= 4 is 50.5 Å². The fraction of sp³-hybridized carbons (Fsp3) is 0.125. The highest BCUT2D eigenvalue weighted by Gasteiger charge is 2.24. The van der Waals surface area contributed by atoms with Gasteiger partial charge >= 0.3 is 0 Å². The third-order valence-corrected chi connectivity index (χ3v) is 4.41. The van der Waals surface area contributed by atoms with E-state index < -0.39 is 0 Å². The minimum atomic E-state index is -0.201. The third kappa shape index (κ3) is 3.68. The van der Waals surface area contributed by atoms with Gasteiger partial charge in [0.15, 0.2) is 9.84 Å². The number of hydrogen-bond acceptors (Lipinski definition) is 5. The van der Waals surface area contributed by atoms with E-state index in [0.717, 1.165) is 5.56 Å². The SMILES string of the molecule is COc1ccc(C)cc1N=C1NC(=O)/C(=C/c2ccc(Br)o2)S1. The number of hydrogen-bond donors (Lipinski definition) is 1. The highest BCUT2D eigenvalue weighted by Crippen LogP contribution is 2.33. The highest BCUT2D eigenvalue weighted by molar-refractivity contribution is 9.10. The molecule has 3 rings (SSSR count). The fourth-order valence-electron chi connectivity index (χ4n) is 2.01. The molecular weight excluding hydrogens is 380 g/mol. The first kappa shape index (κ1) is 15.9. The van der Waals surface area contributed by atoms with E-state index in [0.29, 0.717) is 31.9 Å². The number of amides is 1. The van der Waals surface area contributed by atoms with E-state index in [1.165, 1.54) is 11.8 Å². The van der Waals surface area contributed by atoms with Gasteiger partial charge < -0.3 is 14.5 Å². The Labute approximate surface area is 145 Å². The second-order valence-electron chi connectivity index (χ2n) is 4.80. The van der Waals surface area contributed by atoms with E-state index in [2.05, 4.69) is 26.2 Å². The maximum absolute atomic E-state index is 12.0. The van der Waals surface area contributed by atoms with Crippen LogP contribution in [0, 0.1) is 6.92 Å². The van der Waals surface area contributed by atoms with Gasteiger partial charge in [0.1, 0.15) is 17.2 Å². The molecule has 0 saturated carbocycles. The van der Waals surface area contributed by atoms with Crippen LogP contribution in [0.4, 0.5) is 5.69 Å². The Morgan fingerprint density at radius 2 is 2.17 bits per heavy atom. The van der Waals surface area contributed by atoms with E-state index in [1.807, 2.05) is 25.1 Å². The van der Waals surface area contributed by atoms with Crippen LogP contribution >= 0.6 is 27.7 Å². The topological polar surface area (TPSA) is 63.8 Å². The summed E-state index contributed by atoms with van der Waals surface area (Å²) in [5.74, 6) is 1.06. The van der Waals surface area contributed by atoms with Crippen LogP contribution in [0.25, 0.3) is 6.08 Å². The molecule has 2 aromatic rings. The smallest absolute Gasteiger partial charge is 0.264 e. The van der Waals surface area contributed by atoms with Crippen LogP contribution < -0.4 is 10.1 Å². The summed E-state index contributed by atoms with van der Waals surface area (Å²) in [7, 11) is 1.59. The Morgan fingerprint density at radius 3 is 2.87 bits per heavy atom. The van der Waals surface area contributed by atoms with Crippen molar-refractivity contribution in [1.29, 1.82) is 0 Å².